The van der Waals surface area contributed by atoms with E-state index < -0.39 is 17.9 Å². The maximum Gasteiger partial charge on any atom is 0.337 e. The average molecular weight is 227 g/mol. The molecule has 0 fully saturated rings. The Hall–Kier alpha value is -1.72. The quantitative estimate of drug-likeness (QED) is 0.337. The van der Waals surface area contributed by atoms with Gasteiger partial charge in [0.15, 0.2) is 0 Å². The molecule has 0 amide bonds. The van der Waals surface area contributed by atoms with E-state index in [9.17, 15) is 9.90 Å². The highest BCUT2D eigenvalue weighted by Gasteiger charge is 2.30. The smallest absolute Gasteiger partial charge is 0.337 e. The Morgan fingerprint density at radius 1 is 1.62 bits per heavy atom. The molecule has 16 heavy (non-hydrogen) atoms. The summed E-state index contributed by atoms with van der Waals surface area (Å²) in [6, 6.07) is 0. The number of aliphatic hydroxyl groups excluding tert-OH is 1. The molecule has 0 spiro atoms. The number of azide groups is 1. The fourth-order valence-electron chi connectivity index (χ4n) is 1.30. The van der Waals surface area contributed by atoms with Gasteiger partial charge in [-0.3, -0.25) is 0 Å². The number of rotatable bonds is 4. The van der Waals surface area contributed by atoms with Crippen LogP contribution in [0.25, 0.3) is 10.4 Å². The highest BCUT2D eigenvalue weighted by Crippen LogP contribution is 2.24. The van der Waals surface area contributed by atoms with Crippen molar-refractivity contribution in [2.75, 3.05) is 6.54 Å². The zero-order valence-electron chi connectivity index (χ0n) is 9.08. The molecule has 88 valence electrons. The van der Waals surface area contributed by atoms with E-state index in [1.54, 1.807) is 13.8 Å². The van der Waals surface area contributed by atoms with Crippen molar-refractivity contribution >= 4 is 5.97 Å². The second kappa shape index (κ2) is 4.87. The number of hydrogen-bond donors (Lipinski definition) is 1. The zero-order chi connectivity index (χ0) is 12.2. The van der Waals surface area contributed by atoms with Gasteiger partial charge >= 0.3 is 5.97 Å². The lowest BCUT2D eigenvalue weighted by atomic mass is 10.2. The Labute approximate surface area is 92.3 Å². The lowest BCUT2D eigenvalue weighted by Gasteiger charge is -2.31. The van der Waals surface area contributed by atoms with Gasteiger partial charge in [-0.2, -0.15) is 0 Å². The topological polar surface area (TPSA) is 105 Å². The standard InChI is InChI=1S/C9H13N3O4/c1-9(2)15-7(4-8(14)16-9)3-6(13)5-11-12-10/h4,6,13H,3,5H2,1-2H3. The lowest BCUT2D eigenvalue weighted by molar-refractivity contribution is -0.206. The van der Waals surface area contributed by atoms with E-state index in [1.165, 1.54) is 6.08 Å². The minimum absolute atomic E-state index is 0.0628. The van der Waals surface area contributed by atoms with E-state index in [1.807, 2.05) is 0 Å². The van der Waals surface area contributed by atoms with Crippen molar-refractivity contribution in [2.24, 2.45) is 5.11 Å². The van der Waals surface area contributed by atoms with Gasteiger partial charge in [0.2, 0.25) is 5.79 Å². The summed E-state index contributed by atoms with van der Waals surface area (Å²) in [6.07, 6.45) is 0.408. The van der Waals surface area contributed by atoms with Gasteiger partial charge in [0.1, 0.15) is 5.76 Å². The molecule has 0 bridgehead atoms. The van der Waals surface area contributed by atoms with Crippen molar-refractivity contribution in [3.05, 3.63) is 22.3 Å². The fourth-order valence-corrected chi connectivity index (χ4v) is 1.30. The van der Waals surface area contributed by atoms with Gasteiger partial charge in [-0.1, -0.05) is 5.11 Å². The van der Waals surface area contributed by atoms with E-state index in [0.717, 1.165) is 0 Å². The molecule has 1 unspecified atom stereocenters. The first-order valence-corrected chi connectivity index (χ1v) is 4.74. The molecule has 0 saturated heterocycles. The van der Waals surface area contributed by atoms with Crippen LogP contribution in [0, 0.1) is 0 Å². The van der Waals surface area contributed by atoms with Crippen LogP contribution >= 0.6 is 0 Å². The van der Waals surface area contributed by atoms with Crippen molar-refractivity contribution in [3.63, 3.8) is 0 Å². The third-order valence-corrected chi connectivity index (χ3v) is 1.79. The molecule has 0 aliphatic carbocycles. The molecule has 7 nitrogen and oxygen atoms in total. The molecule has 1 rings (SSSR count). The van der Waals surface area contributed by atoms with Crippen molar-refractivity contribution < 1.29 is 19.4 Å². The van der Waals surface area contributed by atoms with Crippen molar-refractivity contribution in [1.29, 1.82) is 0 Å². The van der Waals surface area contributed by atoms with E-state index >= 15 is 0 Å². The predicted molar refractivity (Wildman–Crippen MR) is 54.0 cm³/mol. The van der Waals surface area contributed by atoms with Crippen LogP contribution in [-0.4, -0.2) is 29.5 Å². The molecule has 7 heteroatoms. The number of cyclic esters (lactones) is 1. The van der Waals surface area contributed by atoms with E-state index in [-0.39, 0.29) is 13.0 Å². The van der Waals surface area contributed by atoms with E-state index in [4.69, 9.17) is 15.0 Å². The largest absolute Gasteiger partial charge is 0.457 e. The SMILES string of the molecule is CC1(C)OC(=O)C=C(CC(O)CN=[N+]=[N-])O1. The number of esters is 1. The summed E-state index contributed by atoms with van der Waals surface area (Å²) in [6.45, 7) is 3.13. The van der Waals surface area contributed by atoms with Gasteiger partial charge in [-0.05, 0) is 5.53 Å². The Kier molecular flexibility index (Phi) is 3.76. The Morgan fingerprint density at radius 3 is 2.88 bits per heavy atom. The monoisotopic (exact) mass is 227 g/mol. The number of carbonyl (C=O) groups excluding carboxylic acids is 1. The molecule has 0 aromatic rings. The molecule has 1 N–H and O–H groups in total. The minimum Gasteiger partial charge on any atom is -0.457 e. The van der Waals surface area contributed by atoms with Crippen LogP contribution in [0.2, 0.25) is 0 Å². The van der Waals surface area contributed by atoms with Crippen LogP contribution in [0.3, 0.4) is 0 Å². The summed E-state index contributed by atoms with van der Waals surface area (Å²) in [5.74, 6) is -1.22. The van der Waals surface area contributed by atoms with Crippen LogP contribution < -0.4 is 0 Å². The molecule has 0 aromatic heterocycles. The molecule has 1 atom stereocenters. The summed E-state index contributed by atoms with van der Waals surface area (Å²) in [5.41, 5.74) is 8.07. The molecule has 0 aromatic carbocycles. The molecule has 1 aliphatic rings. The van der Waals surface area contributed by atoms with Crippen LogP contribution in [0.1, 0.15) is 20.3 Å². The van der Waals surface area contributed by atoms with Crippen molar-refractivity contribution in [1.82, 2.24) is 0 Å². The van der Waals surface area contributed by atoms with Crippen LogP contribution in [-0.2, 0) is 14.3 Å². The van der Waals surface area contributed by atoms with Gasteiger partial charge in [-0.15, -0.1) is 0 Å². The highest BCUT2D eigenvalue weighted by atomic mass is 16.7. The Bertz CT molecular complexity index is 358. The van der Waals surface area contributed by atoms with Gasteiger partial charge in [0.25, 0.3) is 0 Å². The first-order chi connectivity index (χ1) is 7.43. The minimum atomic E-state index is -1.03. The molecule has 0 saturated carbocycles. The summed E-state index contributed by atoms with van der Waals surface area (Å²) in [7, 11) is 0. The third kappa shape index (κ3) is 3.80. The first kappa shape index (κ1) is 12.4. The number of nitrogens with zero attached hydrogens (tertiary/aromatic N) is 3. The summed E-state index contributed by atoms with van der Waals surface area (Å²) in [4.78, 5) is 13.7. The van der Waals surface area contributed by atoms with Gasteiger partial charge in [0, 0.05) is 25.2 Å². The molecule has 1 heterocycles. The first-order valence-electron chi connectivity index (χ1n) is 4.74. The number of hydrogen-bond acceptors (Lipinski definition) is 5. The van der Waals surface area contributed by atoms with Crippen LogP contribution in [0.15, 0.2) is 16.9 Å². The third-order valence-electron chi connectivity index (χ3n) is 1.79. The Balaban J connectivity index is 2.60. The van der Waals surface area contributed by atoms with Crippen molar-refractivity contribution in [3.8, 4) is 0 Å². The predicted octanol–water partition coefficient (Wildman–Crippen LogP) is 1.24. The average Bonchev–Trinajstić information content (AvgIpc) is 2.11. The molecule has 1 aliphatic heterocycles. The second-order valence-electron chi connectivity index (χ2n) is 3.81. The van der Waals surface area contributed by atoms with E-state index in [0.29, 0.717) is 5.76 Å². The zero-order valence-corrected chi connectivity index (χ0v) is 9.08. The summed E-state index contributed by atoms with van der Waals surface area (Å²) in [5, 5.41) is 12.7. The molecule has 0 radical (unpaired) electrons. The number of aliphatic hydroxyl groups is 1. The van der Waals surface area contributed by atoms with Gasteiger partial charge < -0.3 is 14.6 Å². The van der Waals surface area contributed by atoms with E-state index in [2.05, 4.69) is 10.0 Å². The summed E-state index contributed by atoms with van der Waals surface area (Å²) >= 11 is 0. The fraction of sp³-hybridized carbons (Fsp3) is 0.667. The van der Waals surface area contributed by atoms with Gasteiger partial charge in [-0.25, -0.2) is 4.79 Å². The van der Waals surface area contributed by atoms with Crippen LogP contribution in [0.4, 0.5) is 0 Å². The maximum absolute atomic E-state index is 11.1. The van der Waals surface area contributed by atoms with Crippen LogP contribution in [0.5, 0.6) is 0 Å². The van der Waals surface area contributed by atoms with Gasteiger partial charge in [0.05, 0.1) is 18.7 Å². The normalized spacial score (nSPS) is 19.9. The molecular weight excluding hydrogens is 214 g/mol. The van der Waals surface area contributed by atoms with Crippen molar-refractivity contribution in [2.45, 2.75) is 32.2 Å². The Morgan fingerprint density at radius 2 is 2.31 bits per heavy atom. The molecular formula is C9H13N3O4. The number of carbonyl (C=O) groups is 1. The maximum atomic E-state index is 11.1. The lowest BCUT2D eigenvalue weighted by Crippen LogP contribution is -2.35. The second-order valence-corrected chi connectivity index (χ2v) is 3.81. The number of ether oxygens (including phenoxy) is 2. The highest BCUT2D eigenvalue weighted by molar-refractivity contribution is 5.83. The summed E-state index contributed by atoms with van der Waals surface area (Å²) < 4.78 is 10.2.